The van der Waals surface area contributed by atoms with Gasteiger partial charge in [0.1, 0.15) is 5.82 Å². The lowest BCUT2D eigenvalue weighted by molar-refractivity contribution is 0.0338. The van der Waals surface area contributed by atoms with Gasteiger partial charge in [-0.15, -0.1) is 0 Å². The summed E-state index contributed by atoms with van der Waals surface area (Å²) in [4.78, 5) is 14.5. The predicted octanol–water partition coefficient (Wildman–Crippen LogP) is 2.32. The van der Waals surface area contributed by atoms with Crippen LogP contribution in [0, 0.1) is 0 Å². The largest absolute Gasteiger partial charge is 0.379 e. The molecule has 3 heterocycles. The Labute approximate surface area is 137 Å². The number of rotatable bonds is 3. The van der Waals surface area contributed by atoms with Crippen LogP contribution < -0.4 is 4.90 Å². The van der Waals surface area contributed by atoms with Crippen molar-refractivity contribution in [2.45, 2.75) is 25.3 Å². The van der Waals surface area contributed by atoms with Crippen molar-refractivity contribution in [3.63, 3.8) is 0 Å². The van der Waals surface area contributed by atoms with Gasteiger partial charge in [0.25, 0.3) is 0 Å². The fourth-order valence-electron chi connectivity index (χ4n) is 3.66. The fourth-order valence-corrected chi connectivity index (χ4v) is 3.66. The van der Waals surface area contributed by atoms with E-state index in [1.807, 2.05) is 30.5 Å². The number of morpholine rings is 1. The second-order valence-electron chi connectivity index (χ2n) is 6.47. The van der Waals surface area contributed by atoms with Crippen molar-refractivity contribution in [1.82, 2.24) is 14.9 Å². The first-order valence-electron chi connectivity index (χ1n) is 8.69. The van der Waals surface area contributed by atoms with Crippen molar-refractivity contribution in [2.24, 2.45) is 0 Å². The van der Waals surface area contributed by atoms with Crippen LogP contribution in [-0.4, -0.2) is 60.3 Å². The zero-order valence-electron chi connectivity index (χ0n) is 13.5. The molecule has 0 radical (unpaired) electrons. The molecule has 0 aliphatic carbocycles. The first kappa shape index (κ1) is 14.8. The maximum Gasteiger partial charge on any atom is 0.148 e. The molecule has 5 heteroatoms. The highest BCUT2D eigenvalue weighted by Gasteiger charge is 2.26. The Hall–Kier alpha value is -1.72. The summed E-state index contributed by atoms with van der Waals surface area (Å²) in [7, 11) is 0. The molecule has 2 aromatic rings. The quantitative estimate of drug-likeness (QED) is 0.870. The highest BCUT2D eigenvalue weighted by molar-refractivity contribution is 5.75. The minimum Gasteiger partial charge on any atom is -0.379 e. The molecule has 0 bridgehead atoms. The number of fused-ring (bicyclic) bond motifs is 1. The van der Waals surface area contributed by atoms with Gasteiger partial charge >= 0.3 is 0 Å². The van der Waals surface area contributed by atoms with Crippen molar-refractivity contribution < 1.29 is 4.74 Å². The maximum absolute atomic E-state index is 5.47. The molecule has 23 heavy (non-hydrogen) atoms. The van der Waals surface area contributed by atoms with Crippen LogP contribution >= 0.6 is 0 Å². The molecule has 2 aliphatic heterocycles. The number of anilines is 1. The van der Waals surface area contributed by atoms with E-state index in [-0.39, 0.29) is 0 Å². The molecule has 4 rings (SSSR count). The average molecular weight is 312 g/mol. The summed E-state index contributed by atoms with van der Waals surface area (Å²) in [5.74, 6) is 1.03. The Morgan fingerprint density at radius 1 is 1.04 bits per heavy atom. The summed E-state index contributed by atoms with van der Waals surface area (Å²) in [6.07, 6.45) is 5.74. The van der Waals surface area contributed by atoms with Crippen LogP contribution in [0.5, 0.6) is 0 Å². The third kappa shape index (κ3) is 3.31. The van der Waals surface area contributed by atoms with Crippen molar-refractivity contribution in [3.05, 3.63) is 30.5 Å². The van der Waals surface area contributed by atoms with E-state index in [0.29, 0.717) is 6.04 Å². The highest BCUT2D eigenvalue weighted by Crippen LogP contribution is 2.25. The van der Waals surface area contributed by atoms with E-state index in [1.54, 1.807) is 0 Å². The van der Waals surface area contributed by atoms with Gasteiger partial charge in [-0.3, -0.25) is 9.88 Å². The second kappa shape index (κ2) is 6.81. The smallest absolute Gasteiger partial charge is 0.148 e. The molecule has 2 fully saturated rings. The maximum atomic E-state index is 5.47. The van der Waals surface area contributed by atoms with Gasteiger partial charge in [0.05, 0.1) is 30.4 Å². The highest BCUT2D eigenvalue weighted by atomic mass is 16.5. The Balaban J connectivity index is 1.55. The number of para-hydroxylation sites is 2. The normalized spacial score (nSPS) is 23.3. The number of ether oxygens (including phenoxy) is 1. The van der Waals surface area contributed by atoms with E-state index >= 15 is 0 Å². The zero-order chi connectivity index (χ0) is 15.5. The zero-order valence-corrected chi connectivity index (χ0v) is 13.5. The number of benzene rings is 1. The first-order valence-corrected chi connectivity index (χ1v) is 8.69. The molecule has 1 aromatic carbocycles. The molecule has 1 atom stereocenters. The molecular formula is C18H24N4O. The van der Waals surface area contributed by atoms with Gasteiger partial charge in [0.15, 0.2) is 0 Å². The van der Waals surface area contributed by atoms with Gasteiger partial charge in [-0.2, -0.15) is 0 Å². The lowest BCUT2D eigenvalue weighted by Gasteiger charge is -2.40. The molecule has 1 unspecified atom stereocenters. The van der Waals surface area contributed by atoms with Crippen LogP contribution in [0.25, 0.3) is 11.0 Å². The van der Waals surface area contributed by atoms with Crippen molar-refractivity contribution >= 4 is 16.9 Å². The second-order valence-corrected chi connectivity index (χ2v) is 6.47. The van der Waals surface area contributed by atoms with Crippen molar-refractivity contribution in [2.75, 3.05) is 44.3 Å². The molecule has 1 aromatic heterocycles. The lowest BCUT2D eigenvalue weighted by Crippen LogP contribution is -2.49. The molecule has 0 N–H and O–H groups in total. The van der Waals surface area contributed by atoms with Gasteiger partial charge < -0.3 is 9.64 Å². The number of hydrogen-bond acceptors (Lipinski definition) is 5. The summed E-state index contributed by atoms with van der Waals surface area (Å²) < 4.78 is 5.47. The topological polar surface area (TPSA) is 41.5 Å². The Morgan fingerprint density at radius 3 is 2.74 bits per heavy atom. The SMILES string of the molecule is c1ccc2nc(N3CCCCC3CN3CCOCC3)cnc2c1. The predicted molar refractivity (Wildman–Crippen MR) is 91.8 cm³/mol. The van der Waals surface area contributed by atoms with Crippen LogP contribution in [0.1, 0.15) is 19.3 Å². The Kier molecular flexibility index (Phi) is 4.39. The Morgan fingerprint density at radius 2 is 1.87 bits per heavy atom. The van der Waals surface area contributed by atoms with Gasteiger partial charge in [0.2, 0.25) is 0 Å². The standard InChI is InChI=1S/C18H24N4O/c1-2-7-17-16(6-1)19-13-18(20-17)22-8-4-3-5-15(22)14-21-9-11-23-12-10-21/h1-2,6-7,13,15H,3-5,8-12,14H2. The number of piperidine rings is 1. The molecule has 2 aliphatic rings. The molecule has 122 valence electrons. The summed E-state index contributed by atoms with van der Waals surface area (Å²) >= 11 is 0. The van der Waals surface area contributed by atoms with Crippen molar-refractivity contribution in [1.29, 1.82) is 0 Å². The van der Waals surface area contributed by atoms with Crippen LogP contribution in [-0.2, 0) is 4.74 Å². The average Bonchev–Trinajstić information content (AvgIpc) is 2.63. The van der Waals surface area contributed by atoms with Gasteiger partial charge in [-0.05, 0) is 31.4 Å². The molecule has 5 nitrogen and oxygen atoms in total. The molecule has 0 spiro atoms. The van der Waals surface area contributed by atoms with Crippen LogP contribution in [0.4, 0.5) is 5.82 Å². The first-order chi connectivity index (χ1) is 11.4. The van der Waals surface area contributed by atoms with Gasteiger partial charge in [-0.25, -0.2) is 4.98 Å². The number of hydrogen-bond donors (Lipinski definition) is 0. The van der Waals surface area contributed by atoms with E-state index in [4.69, 9.17) is 9.72 Å². The van der Waals surface area contributed by atoms with Crippen LogP contribution in [0.3, 0.4) is 0 Å². The number of nitrogens with zero attached hydrogens (tertiary/aromatic N) is 4. The van der Waals surface area contributed by atoms with E-state index in [9.17, 15) is 0 Å². The molecular weight excluding hydrogens is 288 g/mol. The monoisotopic (exact) mass is 312 g/mol. The van der Waals surface area contributed by atoms with E-state index in [0.717, 1.165) is 56.2 Å². The Bertz CT molecular complexity index is 656. The summed E-state index contributed by atoms with van der Waals surface area (Å²) in [6, 6.07) is 8.65. The molecule has 2 saturated heterocycles. The minimum atomic E-state index is 0.539. The van der Waals surface area contributed by atoms with E-state index in [2.05, 4.69) is 14.8 Å². The van der Waals surface area contributed by atoms with E-state index < -0.39 is 0 Å². The van der Waals surface area contributed by atoms with Crippen LogP contribution in [0.15, 0.2) is 30.5 Å². The summed E-state index contributed by atoms with van der Waals surface area (Å²) in [5.41, 5.74) is 1.96. The summed E-state index contributed by atoms with van der Waals surface area (Å²) in [6.45, 7) is 6.02. The third-order valence-corrected chi connectivity index (χ3v) is 4.93. The third-order valence-electron chi connectivity index (χ3n) is 4.93. The van der Waals surface area contributed by atoms with Gasteiger partial charge in [0, 0.05) is 32.2 Å². The summed E-state index contributed by atoms with van der Waals surface area (Å²) in [5, 5.41) is 0. The van der Waals surface area contributed by atoms with Gasteiger partial charge in [-0.1, -0.05) is 12.1 Å². The lowest BCUT2D eigenvalue weighted by atomic mass is 10.0. The van der Waals surface area contributed by atoms with Crippen molar-refractivity contribution in [3.8, 4) is 0 Å². The number of aromatic nitrogens is 2. The van der Waals surface area contributed by atoms with Crippen LogP contribution in [0.2, 0.25) is 0 Å². The molecule has 0 saturated carbocycles. The minimum absolute atomic E-state index is 0.539. The fraction of sp³-hybridized carbons (Fsp3) is 0.556. The molecule has 0 amide bonds. The van der Waals surface area contributed by atoms with E-state index in [1.165, 1.54) is 19.3 Å².